The maximum atomic E-state index is 11.9. The van der Waals surface area contributed by atoms with E-state index < -0.39 is 18.6 Å². The third-order valence-corrected chi connectivity index (χ3v) is 3.76. The van der Waals surface area contributed by atoms with Gasteiger partial charge < -0.3 is 10.6 Å². The van der Waals surface area contributed by atoms with E-state index in [1.807, 2.05) is 5.32 Å². The van der Waals surface area contributed by atoms with E-state index in [0.29, 0.717) is 11.8 Å². The van der Waals surface area contributed by atoms with E-state index in [9.17, 15) is 18.0 Å². The molecule has 1 fully saturated rings. The highest BCUT2D eigenvalue weighted by Gasteiger charge is 2.32. The van der Waals surface area contributed by atoms with Gasteiger partial charge in [0, 0.05) is 6.04 Å². The molecule has 0 aromatic heterocycles. The molecule has 0 bridgehead atoms. The molecule has 3 unspecified atom stereocenters. The van der Waals surface area contributed by atoms with Gasteiger partial charge in [0.15, 0.2) is 0 Å². The van der Waals surface area contributed by atoms with Gasteiger partial charge in [0.2, 0.25) is 5.91 Å². The van der Waals surface area contributed by atoms with Gasteiger partial charge in [-0.3, -0.25) is 4.79 Å². The first-order valence-electron chi connectivity index (χ1n) is 6.40. The van der Waals surface area contributed by atoms with Crippen LogP contribution in [0.25, 0.3) is 0 Å². The van der Waals surface area contributed by atoms with E-state index in [2.05, 4.69) is 19.2 Å². The molecule has 0 spiro atoms. The molecule has 1 amide bonds. The third kappa shape index (κ3) is 4.84. The SMILES string of the molecule is CCC1CCC(NCC(=O)NCC(F)(F)F)C1C. The number of carbonyl (C=O) groups excluding carboxylic acids is 1. The Hall–Kier alpha value is -0.780. The predicted octanol–water partition coefficient (Wildman–Crippen LogP) is 2.08. The Kier molecular flexibility index (Phi) is 5.44. The molecule has 1 aliphatic carbocycles. The van der Waals surface area contributed by atoms with Gasteiger partial charge in [0.1, 0.15) is 6.54 Å². The molecule has 2 N–H and O–H groups in total. The van der Waals surface area contributed by atoms with Crippen LogP contribution < -0.4 is 10.6 Å². The summed E-state index contributed by atoms with van der Waals surface area (Å²) >= 11 is 0. The van der Waals surface area contributed by atoms with Gasteiger partial charge in [0.05, 0.1) is 6.54 Å². The highest BCUT2D eigenvalue weighted by atomic mass is 19.4. The van der Waals surface area contributed by atoms with Crippen molar-refractivity contribution < 1.29 is 18.0 Å². The van der Waals surface area contributed by atoms with Crippen molar-refractivity contribution in [3.63, 3.8) is 0 Å². The second-order valence-corrected chi connectivity index (χ2v) is 4.98. The molecule has 0 saturated heterocycles. The fourth-order valence-corrected chi connectivity index (χ4v) is 2.60. The van der Waals surface area contributed by atoms with Crippen molar-refractivity contribution in [1.82, 2.24) is 10.6 Å². The van der Waals surface area contributed by atoms with Gasteiger partial charge in [-0.15, -0.1) is 0 Å². The summed E-state index contributed by atoms with van der Waals surface area (Å²) in [6.07, 6.45) is -1.12. The van der Waals surface area contributed by atoms with Crippen molar-refractivity contribution in [3.8, 4) is 0 Å². The van der Waals surface area contributed by atoms with Crippen LogP contribution in [0.4, 0.5) is 13.2 Å². The average Bonchev–Trinajstić information content (AvgIpc) is 2.64. The number of amides is 1. The average molecular weight is 266 g/mol. The highest BCUT2D eigenvalue weighted by Crippen LogP contribution is 2.33. The lowest BCUT2D eigenvalue weighted by Crippen LogP contribution is -2.43. The van der Waals surface area contributed by atoms with Crippen LogP contribution in [-0.2, 0) is 4.79 Å². The molecule has 0 aliphatic heterocycles. The normalized spacial score (nSPS) is 28.4. The molecule has 3 atom stereocenters. The van der Waals surface area contributed by atoms with Gasteiger partial charge in [-0.25, -0.2) is 0 Å². The molecule has 0 aromatic carbocycles. The maximum Gasteiger partial charge on any atom is 0.405 e. The summed E-state index contributed by atoms with van der Waals surface area (Å²) < 4.78 is 35.6. The van der Waals surface area contributed by atoms with Crippen molar-refractivity contribution in [3.05, 3.63) is 0 Å². The van der Waals surface area contributed by atoms with E-state index in [1.54, 1.807) is 0 Å². The number of hydrogen-bond donors (Lipinski definition) is 2. The zero-order chi connectivity index (χ0) is 13.8. The van der Waals surface area contributed by atoms with Crippen molar-refractivity contribution in [1.29, 1.82) is 0 Å². The van der Waals surface area contributed by atoms with Crippen molar-refractivity contribution in [2.45, 2.75) is 45.3 Å². The van der Waals surface area contributed by atoms with Crippen LogP contribution in [-0.4, -0.2) is 31.2 Å². The highest BCUT2D eigenvalue weighted by molar-refractivity contribution is 5.78. The molecule has 1 rings (SSSR count). The molecule has 1 aliphatic rings. The van der Waals surface area contributed by atoms with Crippen LogP contribution in [0.1, 0.15) is 33.1 Å². The first kappa shape index (κ1) is 15.3. The second-order valence-electron chi connectivity index (χ2n) is 4.98. The zero-order valence-corrected chi connectivity index (χ0v) is 10.8. The summed E-state index contributed by atoms with van der Waals surface area (Å²) in [6, 6.07) is 0.242. The van der Waals surface area contributed by atoms with Crippen LogP contribution >= 0.6 is 0 Å². The monoisotopic (exact) mass is 266 g/mol. The topological polar surface area (TPSA) is 41.1 Å². The lowest BCUT2D eigenvalue weighted by atomic mass is 9.93. The Morgan fingerprint density at radius 1 is 1.33 bits per heavy atom. The van der Waals surface area contributed by atoms with E-state index in [1.165, 1.54) is 0 Å². The van der Waals surface area contributed by atoms with Crippen LogP contribution in [0.5, 0.6) is 0 Å². The minimum atomic E-state index is -4.34. The molecule has 0 aromatic rings. The zero-order valence-electron chi connectivity index (χ0n) is 10.8. The van der Waals surface area contributed by atoms with Crippen LogP contribution in [0.15, 0.2) is 0 Å². The summed E-state index contributed by atoms with van der Waals surface area (Å²) in [5, 5.41) is 4.91. The quantitative estimate of drug-likeness (QED) is 0.800. The molecule has 6 heteroatoms. The molecule has 0 radical (unpaired) electrons. The Labute approximate surface area is 106 Å². The largest absolute Gasteiger partial charge is 0.405 e. The summed E-state index contributed by atoms with van der Waals surface area (Å²) in [6.45, 7) is 2.97. The number of alkyl halides is 3. The van der Waals surface area contributed by atoms with Crippen molar-refractivity contribution in [2.24, 2.45) is 11.8 Å². The van der Waals surface area contributed by atoms with E-state index in [-0.39, 0.29) is 12.6 Å². The van der Waals surface area contributed by atoms with Crippen molar-refractivity contribution in [2.75, 3.05) is 13.1 Å². The summed E-state index contributed by atoms with van der Waals surface area (Å²) in [5.41, 5.74) is 0. The third-order valence-electron chi connectivity index (χ3n) is 3.76. The molecular formula is C12H21F3N2O. The fourth-order valence-electron chi connectivity index (χ4n) is 2.60. The number of carbonyl (C=O) groups is 1. The number of rotatable bonds is 5. The Morgan fingerprint density at radius 2 is 2.00 bits per heavy atom. The maximum absolute atomic E-state index is 11.9. The first-order chi connectivity index (χ1) is 8.33. The van der Waals surface area contributed by atoms with E-state index in [0.717, 1.165) is 19.3 Å². The van der Waals surface area contributed by atoms with Gasteiger partial charge in [-0.2, -0.15) is 13.2 Å². The van der Waals surface area contributed by atoms with Crippen LogP contribution in [0.2, 0.25) is 0 Å². The lowest BCUT2D eigenvalue weighted by molar-refractivity contribution is -0.138. The molecule has 18 heavy (non-hydrogen) atoms. The fraction of sp³-hybridized carbons (Fsp3) is 0.917. The minimum Gasteiger partial charge on any atom is -0.346 e. The molecule has 106 valence electrons. The summed E-state index contributed by atoms with van der Waals surface area (Å²) in [5.74, 6) is 0.533. The van der Waals surface area contributed by atoms with E-state index in [4.69, 9.17) is 0 Å². The first-order valence-corrected chi connectivity index (χ1v) is 6.40. The predicted molar refractivity (Wildman–Crippen MR) is 63.0 cm³/mol. The summed E-state index contributed by atoms with van der Waals surface area (Å²) in [4.78, 5) is 11.2. The number of nitrogens with one attached hydrogen (secondary N) is 2. The molecule has 3 nitrogen and oxygen atoms in total. The van der Waals surface area contributed by atoms with Crippen molar-refractivity contribution >= 4 is 5.91 Å². The summed E-state index contributed by atoms with van der Waals surface area (Å²) in [7, 11) is 0. The van der Waals surface area contributed by atoms with Crippen LogP contribution in [0.3, 0.4) is 0 Å². The van der Waals surface area contributed by atoms with Gasteiger partial charge >= 0.3 is 6.18 Å². The molecular weight excluding hydrogens is 245 g/mol. The minimum absolute atomic E-state index is 0.0402. The Balaban J connectivity index is 2.23. The lowest BCUT2D eigenvalue weighted by Gasteiger charge is -2.20. The van der Waals surface area contributed by atoms with E-state index >= 15 is 0 Å². The number of halogens is 3. The van der Waals surface area contributed by atoms with Gasteiger partial charge in [-0.05, 0) is 24.7 Å². The second kappa shape index (κ2) is 6.41. The smallest absolute Gasteiger partial charge is 0.346 e. The van der Waals surface area contributed by atoms with Gasteiger partial charge in [0.25, 0.3) is 0 Å². The standard InChI is InChI=1S/C12H21F3N2O/c1-3-9-4-5-10(8(9)2)16-6-11(18)17-7-12(13,14)15/h8-10,16H,3-7H2,1-2H3,(H,17,18). The molecule has 1 saturated carbocycles. The Bertz CT molecular complexity index is 281. The van der Waals surface area contributed by atoms with Gasteiger partial charge in [-0.1, -0.05) is 20.3 Å². The number of hydrogen-bond acceptors (Lipinski definition) is 2. The Morgan fingerprint density at radius 3 is 2.50 bits per heavy atom. The molecule has 0 heterocycles. The van der Waals surface area contributed by atoms with Crippen LogP contribution in [0, 0.1) is 11.8 Å².